The highest BCUT2D eigenvalue weighted by molar-refractivity contribution is 6.18. The van der Waals surface area contributed by atoms with Gasteiger partial charge in [-0.15, -0.1) is 11.6 Å². The van der Waals surface area contributed by atoms with E-state index < -0.39 is 5.60 Å². The first kappa shape index (κ1) is 9.82. The predicted octanol–water partition coefficient (Wildman–Crippen LogP) is 2.50. The minimum atomic E-state index is -0.773. The summed E-state index contributed by atoms with van der Waals surface area (Å²) in [5, 5.41) is 9.97. The lowest BCUT2D eigenvalue weighted by molar-refractivity contribution is 0.0686. The van der Waals surface area contributed by atoms with E-state index in [1.807, 2.05) is 19.9 Å². The van der Waals surface area contributed by atoms with Crippen LogP contribution in [0.15, 0.2) is 23.3 Å². The molecule has 12 heavy (non-hydrogen) atoms. The normalized spacial score (nSPS) is 35.9. The number of rotatable bonds is 1. The molecule has 0 aromatic heterocycles. The molecule has 2 unspecified atom stereocenters. The molecule has 0 aromatic carbocycles. The van der Waals surface area contributed by atoms with Gasteiger partial charge >= 0.3 is 0 Å². The average molecular weight is 187 g/mol. The Labute approximate surface area is 78.7 Å². The van der Waals surface area contributed by atoms with Crippen molar-refractivity contribution in [2.45, 2.75) is 26.4 Å². The lowest BCUT2D eigenvalue weighted by atomic mass is 9.79. The van der Waals surface area contributed by atoms with Crippen molar-refractivity contribution in [3.05, 3.63) is 23.3 Å². The van der Waals surface area contributed by atoms with E-state index in [0.29, 0.717) is 5.88 Å². The quantitative estimate of drug-likeness (QED) is 0.624. The Bertz CT molecular complexity index is 238. The van der Waals surface area contributed by atoms with Crippen LogP contribution in [-0.4, -0.2) is 16.6 Å². The van der Waals surface area contributed by atoms with Crippen LogP contribution in [0.2, 0.25) is 0 Å². The zero-order valence-corrected chi connectivity index (χ0v) is 8.52. The molecular weight excluding hydrogens is 172 g/mol. The summed E-state index contributed by atoms with van der Waals surface area (Å²) in [6, 6.07) is 0. The van der Waals surface area contributed by atoms with Gasteiger partial charge in [0.15, 0.2) is 0 Å². The number of allylic oxidation sites excluding steroid dienone is 2. The SMILES string of the molecule is CC1=CC(C)(O)C(CCl)C(C)=C1. The van der Waals surface area contributed by atoms with Crippen molar-refractivity contribution < 1.29 is 5.11 Å². The summed E-state index contributed by atoms with van der Waals surface area (Å²) in [5.74, 6) is 0.530. The monoisotopic (exact) mass is 186 g/mol. The van der Waals surface area contributed by atoms with Gasteiger partial charge in [-0.1, -0.05) is 17.2 Å². The summed E-state index contributed by atoms with van der Waals surface area (Å²) in [6.45, 7) is 5.81. The highest BCUT2D eigenvalue weighted by Gasteiger charge is 2.32. The van der Waals surface area contributed by atoms with Crippen molar-refractivity contribution in [1.29, 1.82) is 0 Å². The molecule has 1 aliphatic rings. The first-order valence-corrected chi connectivity index (χ1v) is 4.67. The third-order valence-electron chi connectivity index (χ3n) is 2.38. The number of hydrogen-bond acceptors (Lipinski definition) is 1. The molecule has 1 N–H and O–H groups in total. The molecular formula is C10H15ClO. The summed E-state index contributed by atoms with van der Waals surface area (Å²) in [7, 11) is 0. The maximum absolute atomic E-state index is 9.97. The number of alkyl halides is 1. The molecule has 0 heterocycles. The van der Waals surface area contributed by atoms with Gasteiger partial charge in [-0.3, -0.25) is 0 Å². The van der Waals surface area contributed by atoms with Gasteiger partial charge in [0, 0.05) is 11.8 Å². The second-order valence-electron chi connectivity index (χ2n) is 3.71. The van der Waals surface area contributed by atoms with Crippen molar-refractivity contribution in [2.75, 3.05) is 5.88 Å². The van der Waals surface area contributed by atoms with Gasteiger partial charge in [-0.25, -0.2) is 0 Å². The van der Waals surface area contributed by atoms with Gasteiger partial charge in [0.1, 0.15) is 0 Å². The van der Waals surface area contributed by atoms with Gasteiger partial charge in [-0.2, -0.15) is 0 Å². The fourth-order valence-electron chi connectivity index (χ4n) is 1.80. The zero-order chi connectivity index (χ0) is 9.35. The molecule has 0 spiro atoms. The molecule has 0 aromatic rings. The van der Waals surface area contributed by atoms with E-state index in [9.17, 15) is 5.11 Å². The lowest BCUT2D eigenvalue weighted by Crippen LogP contribution is -2.36. The second kappa shape index (κ2) is 3.23. The molecule has 2 heteroatoms. The third kappa shape index (κ3) is 1.73. The van der Waals surface area contributed by atoms with Crippen molar-refractivity contribution in [3.63, 3.8) is 0 Å². The summed E-state index contributed by atoms with van der Waals surface area (Å²) in [5.41, 5.74) is 1.50. The van der Waals surface area contributed by atoms with Crippen LogP contribution in [0.3, 0.4) is 0 Å². The highest BCUT2D eigenvalue weighted by Crippen LogP contribution is 2.32. The Morgan fingerprint density at radius 2 is 2.17 bits per heavy atom. The van der Waals surface area contributed by atoms with Crippen LogP contribution in [0, 0.1) is 5.92 Å². The van der Waals surface area contributed by atoms with E-state index in [2.05, 4.69) is 6.08 Å². The van der Waals surface area contributed by atoms with Gasteiger partial charge < -0.3 is 5.11 Å². The molecule has 1 aliphatic carbocycles. The van der Waals surface area contributed by atoms with E-state index >= 15 is 0 Å². The molecule has 0 aliphatic heterocycles. The molecule has 1 rings (SSSR count). The van der Waals surface area contributed by atoms with E-state index in [1.54, 1.807) is 6.92 Å². The van der Waals surface area contributed by atoms with Crippen LogP contribution in [0.4, 0.5) is 0 Å². The Morgan fingerprint density at radius 3 is 2.58 bits per heavy atom. The van der Waals surface area contributed by atoms with Crippen LogP contribution >= 0.6 is 11.6 Å². The molecule has 68 valence electrons. The summed E-state index contributed by atoms with van der Waals surface area (Å²) >= 11 is 5.78. The Kier molecular flexibility index (Phi) is 2.64. The topological polar surface area (TPSA) is 20.2 Å². The summed E-state index contributed by atoms with van der Waals surface area (Å²) in [4.78, 5) is 0. The Morgan fingerprint density at radius 1 is 1.58 bits per heavy atom. The van der Waals surface area contributed by atoms with Crippen molar-refractivity contribution in [2.24, 2.45) is 5.92 Å². The number of hydrogen-bond donors (Lipinski definition) is 1. The lowest BCUT2D eigenvalue weighted by Gasteiger charge is -2.33. The average Bonchev–Trinajstić information content (AvgIpc) is 1.82. The molecule has 0 amide bonds. The van der Waals surface area contributed by atoms with Crippen molar-refractivity contribution >= 4 is 11.6 Å². The molecule has 0 saturated heterocycles. The van der Waals surface area contributed by atoms with Crippen LogP contribution in [0.1, 0.15) is 20.8 Å². The van der Waals surface area contributed by atoms with E-state index in [4.69, 9.17) is 11.6 Å². The van der Waals surface area contributed by atoms with Crippen molar-refractivity contribution in [3.8, 4) is 0 Å². The van der Waals surface area contributed by atoms with Crippen molar-refractivity contribution in [1.82, 2.24) is 0 Å². The summed E-state index contributed by atoms with van der Waals surface area (Å²) < 4.78 is 0. The molecule has 0 saturated carbocycles. The predicted molar refractivity (Wildman–Crippen MR) is 52.3 cm³/mol. The number of halogens is 1. The van der Waals surface area contributed by atoms with Gasteiger partial charge in [0.25, 0.3) is 0 Å². The maximum Gasteiger partial charge on any atom is 0.0881 e. The van der Waals surface area contributed by atoms with E-state index in [0.717, 1.165) is 11.1 Å². The first-order chi connectivity index (χ1) is 5.47. The van der Waals surface area contributed by atoms with E-state index in [-0.39, 0.29) is 5.92 Å². The van der Waals surface area contributed by atoms with Crippen LogP contribution in [0.5, 0.6) is 0 Å². The van der Waals surface area contributed by atoms with Crippen LogP contribution in [0.25, 0.3) is 0 Å². The largest absolute Gasteiger partial charge is 0.385 e. The smallest absolute Gasteiger partial charge is 0.0881 e. The van der Waals surface area contributed by atoms with Crippen LogP contribution < -0.4 is 0 Å². The van der Waals surface area contributed by atoms with Gasteiger partial charge in [-0.05, 0) is 26.8 Å². The first-order valence-electron chi connectivity index (χ1n) is 4.13. The van der Waals surface area contributed by atoms with Gasteiger partial charge in [0.05, 0.1) is 5.60 Å². The Hall–Kier alpha value is -0.270. The standard InChI is InChI=1S/C10H15ClO/c1-7-4-8(2)9(6-11)10(3,12)5-7/h4-5,9,12H,6H2,1-3H3. The zero-order valence-electron chi connectivity index (χ0n) is 7.76. The minimum absolute atomic E-state index is 0.0582. The Balaban J connectivity index is 2.99. The van der Waals surface area contributed by atoms with E-state index in [1.165, 1.54) is 0 Å². The number of aliphatic hydroxyl groups is 1. The van der Waals surface area contributed by atoms with Crippen LogP contribution in [-0.2, 0) is 0 Å². The van der Waals surface area contributed by atoms with Gasteiger partial charge in [0.2, 0.25) is 0 Å². The third-order valence-corrected chi connectivity index (χ3v) is 2.69. The molecule has 1 nitrogen and oxygen atoms in total. The maximum atomic E-state index is 9.97. The summed E-state index contributed by atoms with van der Waals surface area (Å²) in [6.07, 6.45) is 3.94. The highest BCUT2D eigenvalue weighted by atomic mass is 35.5. The molecule has 0 radical (unpaired) electrons. The molecule has 0 fully saturated rings. The second-order valence-corrected chi connectivity index (χ2v) is 4.02. The fourth-order valence-corrected chi connectivity index (χ4v) is 2.36. The fraction of sp³-hybridized carbons (Fsp3) is 0.600. The minimum Gasteiger partial charge on any atom is -0.385 e. The molecule has 2 atom stereocenters. The molecule has 0 bridgehead atoms.